The van der Waals surface area contributed by atoms with Gasteiger partial charge in [-0.15, -0.1) is 0 Å². The van der Waals surface area contributed by atoms with E-state index in [1.807, 2.05) is 64.1 Å². The van der Waals surface area contributed by atoms with E-state index < -0.39 is 18.2 Å². The summed E-state index contributed by atoms with van der Waals surface area (Å²) in [7, 11) is 2.54. The minimum Gasteiger partial charge on any atom is -0.453 e. The van der Waals surface area contributed by atoms with E-state index in [1.165, 1.54) is 14.2 Å². The molecule has 14 heteroatoms. The predicted octanol–water partition coefficient (Wildman–Crippen LogP) is 5.74. The number of rotatable bonds is 17. The number of carbonyl (C=O) groups is 4. The topological polar surface area (TPSA) is 175 Å². The molecular weight excluding hydrogens is 664 g/mol. The van der Waals surface area contributed by atoms with Crippen molar-refractivity contribution in [2.75, 3.05) is 33.9 Å². The lowest BCUT2D eigenvalue weighted by Crippen LogP contribution is -2.51. The third-order valence-electron chi connectivity index (χ3n) is 8.82. The number of ether oxygens (including phenoxy) is 2. The maximum atomic E-state index is 13.6. The van der Waals surface area contributed by atoms with Crippen molar-refractivity contribution < 1.29 is 28.7 Å². The Balaban J connectivity index is 1.40. The van der Waals surface area contributed by atoms with Gasteiger partial charge in [0.2, 0.25) is 11.8 Å². The first-order valence-electron chi connectivity index (χ1n) is 17.6. The molecule has 2 heterocycles. The molecule has 2 atom stereocenters. The van der Waals surface area contributed by atoms with Gasteiger partial charge in [-0.2, -0.15) is 0 Å². The molecule has 0 fully saturated rings. The fourth-order valence-electron chi connectivity index (χ4n) is 5.72. The first-order valence-corrected chi connectivity index (χ1v) is 17.6. The van der Waals surface area contributed by atoms with Gasteiger partial charge in [0.1, 0.15) is 24.2 Å². The fourth-order valence-corrected chi connectivity index (χ4v) is 5.72. The van der Waals surface area contributed by atoms with Crippen molar-refractivity contribution in [2.24, 2.45) is 5.92 Å². The van der Waals surface area contributed by atoms with E-state index in [0.29, 0.717) is 31.3 Å². The Morgan fingerprint density at radius 2 is 1.17 bits per heavy atom. The molecule has 0 aliphatic rings. The minimum atomic E-state index is -0.695. The maximum absolute atomic E-state index is 13.6. The molecule has 0 saturated carbocycles. The largest absolute Gasteiger partial charge is 0.453 e. The molecule has 278 valence electrons. The predicted molar refractivity (Wildman–Crippen MR) is 198 cm³/mol. The molecule has 52 heavy (non-hydrogen) atoms. The number of hydrogen-bond donors (Lipinski definition) is 4. The van der Waals surface area contributed by atoms with Gasteiger partial charge in [0, 0.05) is 13.1 Å². The molecule has 2 unspecified atom stereocenters. The van der Waals surface area contributed by atoms with Crippen LogP contribution in [0.1, 0.15) is 58.6 Å². The number of H-pyrrole nitrogens is 2. The smallest absolute Gasteiger partial charge is 0.407 e. The lowest BCUT2D eigenvalue weighted by molar-refractivity contribution is -0.135. The van der Waals surface area contributed by atoms with Gasteiger partial charge in [-0.05, 0) is 41.0 Å². The summed E-state index contributed by atoms with van der Waals surface area (Å²) < 4.78 is 9.32. The molecule has 14 nitrogen and oxygen atoms in total. The van der Waals surface area contributed by atoms with Crippen molar-refractivity contribution in [3.8, 4) is 33.6 Å². The number of imidazole rings is 2. The molecule has 0 radical (unpaired) electrons. The quantitative estimate of drug-likeness (QED) is 0.107. The number of nitrogens with one attached hydrogen (secondary N) is 4. The van der Waals surface area contributed by atoms with Crippen LogP contribution >= 0.6 is 0 Å². The van der Waals surface area contributed by atoms with Crippen LogP contribution < -0.4 is 10.6 Å². The van der Waals surface area contributed by atoms with Crippen LogP contribution in [0.25, 0.3) is 33.6 Å². The fraction of sp³-hybridized carbons (Fsp3) is 0.421. The highest BCUT2D eigenvalue weighted by molar-refractivity contribution is 5.86. The van der Waals surface area contributed by atoms with Crippen molar-refractivity contribution in [1.29, 1.82) is 0 Å². The number of carbonyl (C=O) groups excluding carboxylic acids is 4. The molecule has 2 aromatic carbocycles. The zero-order valence-corrected chi connectivity index (χ0v) is 30.8. The number of aromatic nitrogens is 4. The molecule has 4 amide bonds. The summed E-state index contributed by atoms with van der Waals surface area (Å²) in [4.78, 5) is 68.7. The zero-order chi connectivity index (χ0) is 37.6. The summed E-state index contributed by atoms with van der Waals surface area (Å²) in [6.45, 7) is 9.39. The number of amides is 4. The average Bonchev–Trinajstić information content (AvgIpc) is 3.85. The van der Waals surface area contributed by atoms with E-state index in [1.54, 1.807) is 22.2 Å². The minimum absolute atomic E-state index is 0.0682. The van der Waals surface area contributed by atoms with Crippen molar-refractivity contribution in [3.05, 3.63) is 72.6 Å². The van der Waals surface area contributed by atoms with Crippen LogP contribution in [0, 0.1) is 5.92 Å². The van der Waals surface area contributed by atoms with Crippen LogP contribution in [0.5, 0.6) is 0 Å². The molecule has 0 aliphatic heterocycles. The second-order valence-electron chi connectivity index (χ2n) is 12.6. The summed E-state index contributed by atoms with van der Waals surface area (Å²) in [6, 6.07) is 15.6. The highest BCUT2D eigenvalue weighted by atomic mass is 16.5. The molecule has 0 bridgehead atoms. The SMILES string of the molecule is CCCN(Cc1ncc(-c2ccc(-c3ccc(-c4cnc(CN(CCC)C(=O)C(NC(=O)OC)C(C)CC)[nH]4)cc3)cc2)[nH]1)C(=O)CNC(=O)OC. The van der Waals surface area contributed by atoms with Crippen LogP contribution in [-0.2, 0) is 32.2 Å². The third kappa shape index (κ3) is 10.4. The maximum Gasteiger partial charge on any atom is 0.407 e. The number of methoxy groups -OCH3 is 2. The number of aromatic amines is 2. The van der Waals surface area contributed by atoms with Gasteiger partial charge in [-0.25, -0.2) is 19.6 Å². The van der Waals surface area contributed by atoms with Crippen molar-refractivity contribution in [2.45, 2.75) is 66.1 Å². The lowest BCUT2D eigenvalue weighted by atomic mass is 9.98. The lowest BCUT2D eigenvalue weighted by Gasteiger charge is -2.29. The Labute approximate surface area is 304 Å². The zero-order valence-electron chi connectivity index (χ0n) is 30.8. The Kier molecular flexibility index (Phi) is 14.4. The van der Waals surface area contributed by atoms with Crippen LogP contribution in [0.4, 0.5) is 9.59 Å². The molecule has 4 rings (SSSR count). The van der Waals surface area contributed by atoms with Crippen molar-refractivity contribution in [1.82, 2.24) is 40.4 Å². The third-order valence-corrected chi connectivity index (χ3v) is 8.82. The normalized spacial score (nSPS) is 12.0. The number of nitrogens with zero attached hydrogens (tertiary/aromatic N) is 4. The monoisotopic (exact) mass is 714 g/mol. The first-order chi connectivity index (χ1) is 25.1. The van der Waals surface area contributed by atoms with Crippen LogP contribution in [0.3, 0.4) is 0 Å². The molecule has 0 saturated heterocycles. The van der Waals surface area contributed by atoms with Crippen LogP contribution in [-0.4, -0.2) is 93.6 Å². The van der Waals surface area contributed by atoms with Gasteiger partial charge in [0.05, 0.1) is 51.1 Å². The van der Waals surface area contributed by atoms with Gasteiger partial charge < -0.3 is 39.9 Å². The summed E-state index contributed by atoms with van der Waals surface area (Å²) in [5.41, 5.74) is 5.67. The molecular formula is C38H50N8O6. The van der Waals surface area contributed by atoms with E-state index in [2.05, 4.69) is 47.4 Å². The van der Waals surface area contributed by atoms with Crippen molar-refractivity contribution in [3.63, 3.8) is 0 Å². The van der Waals surface area contributed by atoms with Gasteiger partial charge in [-0.1, -0.05) is 82.6 Å². The van der Waals surface area contributed by atoms with E-state index in [9.17, 15) is 19.2 Å². The summed E-state index contributed by atoms with van der Waals surface area (Å²) in [6.07, 6.45) is 4.48. The molecule has 0 spiro atoms. The Morgan fingerprint density at radius 1 is 0.712 bits per heavy atom. The summed E-state index contributed by atoms with van der Waals surface area (Å²) >= 11 is 0. The number of alkyl carbamates (subject to hydrolysis) is 2. The van der Waals surface area contributed by atoms with Gasteiger partial charge in [0.25, 0.3) is 0 Å². The van der Waals surface area contributed by atoms with E-state index >= 15 is 0 Å². The number of benzene rings is 2. The molecule has 4 N–H and O–H groups in total. The van der Waals surface area contributed by atoms with E-state index in [-0.39, 0.29) is 30.8 Å². The van der Waals surface area contributed by atoms with Crippen molar-refractivity contribution >= 4 is 24.0 Å². The second-order valence-corrected chi connectivity index (χ2v) is 12.6. The molecule has 4 aromatic rings. The Hall–Kier alpha value is -5.66. The van der Waals surface area contributed by atoms with E-state index in [0.717, 1.165) is 52.9 Å². The Bertz CT molecular complexity index is 1770. The summed E-state index contributed by atoms with van der Waals surface area (Å²) in [5, 5.41) is 5.15. The molecule has 0 aliphatic carbocycles. The van der Waals surface area contributed by atoms with Crippen LogP contribution in [0.15, 0.2) is 60.9 Å². The molecule has 2 aromatic heterocycles. The summed E-state index contributed by atoms with van der Waals surface area (Å²) in [5.74, 6) is 0.841. The van der Waals surface area contributed by atoms with Crippen LogP contribution in [0.2, 0.25) is 0 Å². The highest BCUT2D eigenvalue weighted by Crippen LogP contribution is 2.27. The number of hydrogen-bond acceptors (Lipinski definition) is 8. The van der Waals surface area contributed by atoms with Gasteiger partial charge in [-0.3, -0.25) is 9.59 Å². The second kappa shape index (κ2) is 19.1. The average molecular weight is 715 g/mol. The van der Waals surface area contributed by atoms with Gasteiger partial charge in [0.15, 0.2) is 0 Å². The standard InChI is InChI=1S/C38H50N8O6/c1-7-18-45(34(47)22-41-37(49)51-5)23-32-39-20-30(42-32)28-14-10-26(11-15-28)27-12-16-29(17-13-27)31-21-40-33(43-31)24-46(19-8-2)36(48)35(25(4)9-3)44-38(50)52-6/h10-17,20-21,25,35H,7-9,18-19,22-24H2,1-6H3,(H,39,42)(H,40,43)(H,41,49)(H,44,50). The van der Waals surface area contributed by atoms with E-state index in [4.69, 9.17) is 4.74 Å². The first kappa shape index (κ1) is 39.1. The Morgan fingerprint density at radius 3 is 1.63 bits per heavy atom. The van der Waals surface area contributed by atoms with Gasteiger partial charge >= 0.3 is 12.2 Å². The highest BCUT2D eigenvalue weighted by Gasteiger charge is 2.30.